The standard InChI is InChI=1S/C45H49ClN6O7/c1-43(2)41(44(3,4)42(43)59-31-11-9-29(25-47)34(46)24-31)49-37(54)28-7-5-27(6-8-28)15-18-50-21-22-58-45(26-50)16-19-51(20-17-45)30-10-12-32-33(23-30)40(57)52(39(32)56)35-13-14-36(53)48-38(35)55/h5-12,23-24,35,41-42H,13-22,26H2,1-4H3,(H,49,54)(H,48,53,55)/t35?,41-,42-. The van der Waals surface area contributed by atoms with Crippen molar-refractivity contribution in [3.63, 3.8) is 0 Å². The fourth-order valence-corrected chi connectivity index (χ4v) is 10.4. The molecule has 1 saturated carbocycles. The van der Waals surface area contributed by atoms with Gasteiger partial charge in [0, 0.05) is 73.3 Å². The van der Waals surface area contributed by atoms with E-state index in [0.717, 1.165) is 68.1 Å². The van der Waals surface area contributed by atoms with Crippen LogP contribution < -0.4 is 20.3 Å². The van der Waals surface area contributed by atoms with Gasteiger partial charge in [-0.3, -0.25) is 39.1 Å². The molecule has 308 valence electrons. The molecule has 8 rings (SSSR count). The van der Waals surface area contributed by atoms with Crippen LogP contribution in [-0.2, 0) is 20.7 Å². The molecule has 4 aliphatic heterocycles. The Hall–Kier alpha value is -5.29. The predicted octanol–water partition coefficient (Wildman–Crippen LogP) is 5.14. The van der Waals surface area contributed by atoms with Crippen molar-refractivity contribution in [1.29, 1.82) is 5.26 Å². The van der Waals surface area contributed by atoms with Crippen LogP contribution in [0, 0.1) is 22.2 Å². The first-order valence-corrected chi connectivity index (χ1v) is 20.7. The first kappa shape index (κ1) is 40.5. The van der Waals surface area contributed by atoms with Crippen LogP contribution >= 0.6 is 11.6 Å². The van der Waals surface area contributed by atoms with Gasteiger partial charge in [0.25, 0.3) is 17.7 Å². The molecule has 2 N–H and O–H groups in total. The van der Waals surface area contributed by atoms with E-state index in [2.05, 4.69) is 54.2 Å². The van der Waals surface area contributed by atoms with Gasteiger partial charge in [-0.15, -0.1) is 0 Å². The largest absolute Gasteiger partial charge is 0.489 e. The topological polar surface area (TPSA) is 161 Å². The minimum Gasteiger partial charge on any atom is -0.489 e. The SMILES string of the molecule is CC1(C)[C@H](NC(=O)c2ccc(CCN3CCOC4(CCN(c5ccc6c(c5)C(=O)N(C5CCC(=O)NC5=O)C6=O)CC4)C3)cc2)C(C)(C)[C@H]1Oc1ccc(C#N)c(Cl)c1. The van der Waals surface area contributed by atoms with E-state index in [0.29, 0.717) is 28.5 Å². The molecule has 0 radical (unpaired) electrons. The maximum Gasteiger partial charge on any atom is 0.262 e. The number of morpholine rings is 1. The second kappa shape index (κ2) is 15.4. The van der Waals surface area contributed by atoms with E-state index in [-0.39, 0.29) is 58.5 Å². The Morgan fingerprint density at radius 3 is 2.34 bits per heavy atom. The van der Waals surface area contributed by atoms with Crippen molar-refractivity contribution in [3.8, 4) is 11.8 Å². The number of amides is 5. The molecule has 5 amide bonds. The van der Waals surface area contributed by atoms with Crippen molar-refractivity contribution in [2.24, 2.45) is 10.8 Å². The molecular weight excluding hydrogens is 772 g/mol. The molecule has 3 aromatic rings. The van der Waals surface area contributed by atoms with Gasteiger partial charge in [-0.2, -0.15) is 5.26 Å². The number of rotatable bonds is 9. The molecule has 0 bridgehead atoms. The summed E-state index contributed by atoms with van der Waals surface area (Å²) in [6, 6.07) is 19.1. The molecule has 3 aromatic carbocycles. The van der Waals surface area contributed by atoms with Crippen LogP contribution in [0.15, 0.2) is 60.7 Å². The summed E-state index contributed by atoms with van der Waals surface area (Å²) in [5.41, 5.74) is 2.55. The number of anilines is 1. The van der Waals surface area contributed by atoms with Crippen LogP contribution in [0.25, 0.3) is 0 Å². The molecule has 59 heavy (non-hydrogen) atoms. The van der Waals surface area contributed by atoms with Crippen molar-refractivity contribution < 1.29 is 33.4 Å². The molecular formula is C45H49ClN6O7. The third-order valence-corrected chi connectivity index (χ3v) is 13.5. The number of nitriles is 1. The second-order valence-corrected chi connectivity index (χ2v) is 18.1. The molecule has 4 fully saturated rings. The quantitative estimate of drug-likeness (QED) is 0.277. The summed E-state index contributed by atoms with van der Waals surface area (Å²) in [5.74, 6) is -1.57. The van der Waals surface area contributed by atoms with Gasteiger partial charge in [0.1, 0.15) is 24.0 Å². The van der Waals surface area contributed by atoms with Crippen molar-refractivity contribution in [2.45, 2.75) is 83.6 Å². The fourth-order valence-electron chi connectivity index (χ4n) is 10.2. The van der Waals surface area contributed by atoms with Gasteiger partial charge in [-0.25, -0.2) is 0 Å². The van der Waals surface area contributed by atoms with Crippen LogP contribution in [0.4, 0.5) is 5.69 Å². The highest BCUT2D eigenvalue weighted by molar-refractivity contribution is 6.31. The molecule has 1 atom stereocenters. The summed E-state index contributed by atoms with van der Waals surface area (Å²) >= 11 is 6.25. The maximum absolute atomic E-state index is 13.5. The summed E-state index contributed by atoms with van der Waals surface area (Å²) in [7, 11) is 0. The number of fused-ring (bicyclic) bond motifs is 1. The Bertz CT molecular complexity index is 2240. The van der Waals surface area contributed by atoms with Gasteiger partial charge >= 0.3 is 0 Å². The lowest BCUT2D eigenvalue weighted by Gasteiger charge is -2.63. The number of piperidine rings is 2. The van der Waals surface area contributed by atoms with Gasteiger partial charge in [0.2, 0.25) is 11.8 Å². The molecule has 14 heteroatoms. The number of hydrogen-bond acceptors (Lipinski definition) is 10. The van der Waals surface area contributed by atoms with E-state index < -0.39 is 29.7 Å². The Labute approximate surface area is 348 Å². The number of nitrogens with one attached hydrogen (secondary N) is 2. The highest BCUT2D eigenvalue weighted by atomic mass is 35.5. The van der Waals surface area contributed by atoms with Gasteiger partial charge in [0.05, 0.1) is 33.9 Å². The minimum atomic E-state index is -0.992. The maximum atomic E-state index is 13.5. The average molecular weight is 821 g/mol. The van der Waals surface area contributed by atoms with E-state index in [9.17, 15) is 29.2 Å². The smallest absolute Gasteiger partial charge is 0.262 e. The zero-order valence-corrected chi connectivity index (χ0v) is 34.6. The lowest BCUT2D eigenvalue weighted by molar-refractivity contribution is -0.164. The van der Waals surface area contributed by atoms with E-state index in [1.165, 1.54) is 0 Å². The number of carbonyl (C=O) groups excluding carboxylic acids is 5. The van der Waals surface area contributed by atoms with Crippen molar-refractivity contribution in [2.75, 3.05) is 44.2 Å². The van der Waals surface area contributed by atoms with Crippen molar-refractivity contribution in [3.05, 3.63) is 93.5 Å². The normalized spacial score (nSPS) is 24.6. The van der Waals surface area contributed by atoms with Gasteiger partial charge in [-0.05, 0) is 73.7 Å². The summed E-state index contributed by atoms with van der Waals surface area (Å²) in [6.07, 6.45) is 2.47. The zero-order chi connectivity index (χ0) is 41.9. The molecule has 3 saturated heterocycles. The minimum absolute atomic E-state index is 0.0790. The van der Waals surface area contributed by atoms with E-state index >= 15 is 0 Å². The molecule has 13 nitrogen and oxygen atoms in total. The summed E-state index contributed by atoms with van der Waals surface area (Å²) in [6.45, 7) is 13.0. The molecule has 4 heterocycles. The van der Waals surface area contributed by atoms with Gasteiger partial charge in [0.15, 0.2) is 0 Å². The van der Waals surface area contributed by atoms with E-state index in [4.69, 9.17) is 21.1 Å². The number of hydrogen-bond donors (Lipinski definition) is 2. The van der Waals surface area contributed by atoms with Crippen LogP contribution in [0.5, 0.6) is 5.75 Å². The van der Waals surface area contributed by atoms with Crippen molar-refractivity contribution in [1.82, 2.24) is 20.4 Å². The fraction of sp³-hybridized carbons (Fsp3) is 0.467. The Morgan fingerprint density at radius 2 is 1.66 bits per heavy atom. The number of ether oxygens (including phenoxy) is 2. The van der Waals surface area contributed by atoms with Gasteiger partial charge < -0.3 is 19.7 Å². The third-order valence-electron chi connectivity index (χ3n) is 13.2. The lowest BCUT2D eigenvalue weighted by Crippen LogP contribution is -2.74. The van der Waals surface area contributed by atoms with Crippen LogP contribution in [0.1, 0.15) is 95.6 Å². The molecule has 1 spiro atoms. The summed E-state index contributed by atoms with van der Waals surface area (Å²) in [5, 5.41) is 15.1. The van der Waals surface area contributed by atoms with Crippen LogP contribution in [0.3, 0.4) is 0 Å². The number of halogens is 1. The Kier molecular flexibility index (Phi) is 10.6. The number of imide groups is 2. The average Bonchev–Trinajstić information content (AvgIpc) is 3.46. The highest BCUT2D eigenvalue weighted by Crippen LogP contribution is 2.55. The molecule has 0 aromatic heterocycles. The number of carbonyl (C=O) groups is 5. The lowest BCUT2D eigenvalue weighted by atomic mass is 9.49. The van der Waals surface area contributed by atoms with Crippen molar-refractivity contribution >= 4 is 46.8 Å². The molecule has 1 aliphatic carbocycles. The van der Waals surface area contributed by atoms with Crippen LogP contribution in [0.2, 0.25) is 5.02 Å². The van der Waals surface area contributed by atoms with E-state index in [1.807, 2.05) is 30.3 Å². The Morgan fingerprint density at radius 1 is 0.949 bits per heavy atom. The summed E-state index contributed by atoms with van der Waals surface area (Å²) < 4.78 is 12.8. The predicted molar refractivity (Wildman–Crippen MR) is 219 cm³/mol. The zero-order valence-electron chi connectivity index (χ0n) is 33.8. The number of benzene rings is 3. The van der Waals surface area contributed by atoms with Gasteiger partial charge in [-0.1, -0.05) is 51.4 Å². The molecule has 5 aliphatic rings. The first-order chi connectivity index (χ1) is 28.1. The first-order valence-electron chi connectivity index (χ1n) is 20.3. The highest BCUT2D eigenvalue weighted by Gasteiger charge is 2.64. The third kappa shape index (κ3) is 7.47. The Balaban J connectivity index is 0.820. The summed E-state index contributed by atoms with van der Waals surface area (Å²) in [4.78, 5) is 69.9. The monoisotopic (exact) mass is 820 g/mol. The van der Waals surface area contributed by atoms with E-state index in [1.54, 1.807) is 30.3 Å². The van der Waals surface area contributed by atoms with Crippen LogP contribution in [-0.4, -0.2) is 102 Å². The molecule has 1 unspecified atom stereocenters. The number of nitrogens with zero attached hydrogens (tertiary/aromatic N) is 4. The second-order valence-electron chi connectivity index (χ2n) is 17.7.